The Labute approximate surface area is 157 Å². The normalized spacial score (nSPS) is 16.3. The Morgan fingerprint density at radius 2 is 2.11 bits per heavy atom. The van der Waals surface area contributed by atoms with Gasteiger partial charge in [0.25, 0.3) is 5.56 Å². The van der Waals surface area contributed by atoms with Crippen molar-refractivity contribution in [2.45, 2.75) is 32.8 Å². The van der Waals surface area contributed by atoms with Gasteiger partial charge >= 0.3 is 5.97 Å². The van der Waals surface area contributed by atoms with Crippen molar-refractivity contribution < 1.29 is 18.3 Å². The van der Waals surface area contributed by atoms with Crippen LogP contribution < -0.4 is 5.56 Å². The van der Waals surface area contributed by atoms with Crippen molar-refractivity contribution in [2.24, 2.45) is 5.92 Å². The highest BCUT2D eigenvalue weighted by atomic mass is 32.1. The summed E-state index contributed by atoms with van der Waals surface area (Å²) in [6, 6.07) is 3.11. The smallest absolute Gasteiger partial charge is 0.344 e. The topological polar surface area (TPSA) is 72.0 Å². The number of aryl methyl sites for hydroxylation is 1. The average Bonchev–Trinajstić information content (AvgIpc) is 2.97. The first kappa shape index (κ1) is 17.8. The first-order chi connectivity index (χ1) is 12.9. The maximum Gasteiger partial charge on any atom is 0.344 e. The Morgan fingerprint density at radius 3 is 2.85 bits per heavy atom. The van der Waals surface area contributed by atoms with E-state index in [1.807, 2.05) is 0 Å². The molecule has 2 aromatic heterocycles. The van der Waals surface area contributed by atoms with Crippen molar-refractivity contribution in [3.05, 3.63) is 62.0 Å². The maximum atomic E-state index is 13.6. The van der Waals surface area contributed by atoms with Gasteiger partial charge in [-0.05, 0) is 42.9 Å². The standard InChI is InChI=1S/C19H16F2N2O3S/c1-9-5-6-10-13(7-9)27-18-15(10)17(24)22-14(23-18)8-26-19(25)16-11(20)3-2-4-12(16)21/h2-4,9H,5-8H2,1H3,(H,22,23,24). The third-order valence-corrected chi connectivity index (χ3v) is 5.87. The lowest BCUT2D eigenvalue weighted by Gasteiger charge is -2.17. The van der Waals surface area contributed by atoms with E-state index < -0.39 is 23.2 Å². The van der Waals surface area contributed by atoms with E-state index in [0.717, 1.165) is 43.0 Å². The number of hydrogen-bond donors (Lipinski definition) is 1. The number of fused-ring (bicyclic) bond motifs is 3. The molecule has 0 saturated carbocycles. The highest BCUT2D eigenvalue weighted by Crippen LogP contribution is 2.35. The summed E-state index contributed by atoms with van der Waals surface area (Å²) in [7, 11) is 0. The summed E-state index contributed by atoms with van der Waals surface area (Å²) in [5, 5.41) is 0.595. The van der Waals surface area contributed by atoms with E-state index in [1.165, 1.54) is 16.2 Å². The first-order valence-electron chi connectivity index (χ1n) is 8.58. The zero-order valence-corrected chi connectivity index (χ0v) is 15.3. The molecule has 1 aliphatic rings. The largest absolute Gasteiger partial charge is 0.454 e. The average molecular weight is 390 g/mol. The molecule has 1 unspecified atom stereocenters. The molecule has 1 atom stereocenters. The number of carbonyl (C=O) groups excluding carboxylic acids is 1. The Balaban J connectivity index is 1.60. The number of thiophene rings is 1. The highest BCUT2D eigenvalue weighted by Gasteiger charge is 2.23. The van der Waals surface area contributed by atoms with Crippen LogP contribution in [-0.4, -0.2) is 15.9 Å². The minimum Gasteiger partial charge on any atom is -0.454 e. The van der Waals surface area contributed by atoms with Crippen LogP contribution in [0.3, 0.4) is 0 Å². The van der Waals surface area contributed by atoms with Crippen molar-refractivity contribution in [1.82, 2.24) is 9.97 Å². The number of nitrogens with zero attached hydrogens (tertiary/aromatic N) is 1. The number of halogens is 2. The Bertz CT molecular complexity index is 1090. The van der Waals surface area contributed by atoms with E-state index in [9.17, 15) is 18.4 Å². The molecular formula is C19H16F2N2O3S. The number of esters is 1. The van der Waals surface area contributed by atoms with Crippen LogP contribution in [0.25, 0.3) is 10.2 Å². The molecule has 0 amide bonds. The summed E-state index contributed by atoms with van der Waals surface area (Å²) in [4.78, 5) is 33.2. The molecule has 0 spiro atoms. The van der Waals surface area contributed by atoms with Gasteiger partial charge in [-0.15, -0.1) is 11.3 Å². The molecular weight excluding hydrogens is 374 g/mol. The fraction of sp³-hybridized carbons (Fsp3) is 0.316. The van der Waals surface area contributed by atoms with Crippen LogP contribution in [0.4, 0.5) is 8.78 Å². The quantitative estimate of drug-likeness (QED) is 0.692. The second-order valence-corrected chi connectivity index (χ2v) is 7.80. The second kappa shape index (κ2) is 6.84. The van der Waals surface area contributed by atoms with Crippen molar-refractivity contribution in [1.29, 1.82) is 0 Å². The van der Waals surface area contributed by atoms with Crippen LogP contribution in [0.5, 0.6) is 0 Å². The molecule has 3 aromatic rings. The van der Waals surface area contributed by atoms with Gasteiger partial charge < -0.3 is 9.72 Å². The molecule has 1 N–H and O–H groups in total. The summed E-state index contributed by atoms with van der Waals surface area (Å²) in [5.41, 5.74) is 0.00972. The molecule has 5 nitrogen and oxygen atoms in total. The van der Waals surface area contributed by atoms with E-state index in [2.05, 4.69) is 16.9 Å². The zero-order valence-electron chi connectivity index (χ0n) is 14.5. The van der Waals surface area contributed by atoms with Gasteiger partial charge in [-0.2, -0.15) is 0 Å². The summed E-state index contributed by atoms with van der Waals surface area (Å²) < 4.78 is 32.3. The number of H-pyrrole nitrogens is 1. The third-order valence-electron chi connectivity index (χ3n) is 4.72. The van der Waals surface area contributed by atoms with Crippen molar-refractivity contribution in [3.63, 3.8) is 0 Å². The molecule has 140 valence electrons. The number of aromatic amines is 1. The lowest BCUT2D eigenvalue weighted by Crippen LogP contribution is -2.16. The van der Waals surface area contributed by atoms with Crippen LogP contribution >= 0.6 is 11.3 Å². The lowest BCUT2D eigenvalue weighted by molar-refractivity contribution is 0.0451. The van der Waals surface area contributed by atoms with E-state index in [4.69, 9.17) is 4.74 Å². The van der Waals surface area contributed by atoms with Gasteiger partial charge in [-0.1, -0.05) is 13.0 Å². The molecule has 27 heavy (non-hydrogen) atoms. The minimum absolute atomic E-state index is 0.143. The first-order valence-corrected chi connectivity index (χ1v) is 9.40. The lowest BCUT2D eigenvalue weighted by atomic mass is 9.89. The van der Waals surface area contributed by atoms with Gasteiger partial charge in [-0.3, -0.25) is 4.79 Å². The fourth-order valence-electron chi connectivity index (χ4n) is 3.36. The second-order valence-electron chi connectivity index (χ2n) is 6.72. The Morgan fingerprint density at radius 1 is 1.37 bits per heavy atom. The molecule has 0 bridgehead atoms. The van der Waals surface area contributed by atoms with Crippen LogP contribution in [0, 0.1) is 17.6 Å². The van der Waals surface area contributed by atoms with Crippen LogP contribution in [-0.2, 0) is 24.2 Å². The van der Waals surface area contributed by atoms with E-state index in [-0.39, 0.29) is 18.0 Å². The predicted molar refractivity (Wildman–Crippen MR) is 96.9 cm³/mol. The summed E-state index contributed by atoms with van der Waals surface area (Å²) >= 11 is 1.48. The summed E-state index contributed by atoms with van der Waals surface area (Å²) in [5.74, 6) is -2.44. The van der Waals surface area contributed by atoms with Crippen molar-refractivity contribution in [2.75, 3.05) is 0 Å². The molecule has 2 heterocycles. The van der Waals surface area contributed by atoms with Gasteiger partial charge in [0.05, 0.1) is 5.39 Å². The zero-order chi connectivity index (χ0) is 19.1. The van der Waals surface area contributed by atoms with Crippen LogP contribution in [0.15, 0.2) is 23.0 Å². The molecule has 0 aliphatic heterocycles. The van der Waals surface area contributed by atoms with Crippen LogP contribution in [0.2, 0.25) is 0 Å². The number of rotatable bonds is 3. The van der Waals surface area contributed by atoms with Crippen molar-refractivity contribution in [3.8, 4) is 0 Å². The monoisotopic (exact) mass is 390 g/mol. The molecule has 1 aromatic carbocycles. The summed E-state index contributed by atoms with van der Waals surface area (Å²) in [6.07, 6.45) is 2.81. The molecule has 1 aliphatic carbocycles. The van der Waals surface area contributed by atoms with Gasteiger partial charge in [-0.25, -0.2) is 18.6 Å². The predicted octanol–water partition coefficient (Wildman–Crippen LogP) is 3.74. The van der Waals surface area contributed by atoms with Gasteiger partial charge in [0.15, 0.2) is 0 Å². The number of ether oxygens (including phenoxy) is 1. The molecule has 0 fully saturated rings. The number of benzene rings is 1. The SMILES string of the molecule is CC1CCc2c(sc3nc(COC(=O)c4c(F)cccc4F)[nH]c(=O)c23)C1. The maximum absolute atomic E-state index is 13.6. The van der Waals surface area contributed by atoms with Gasteiger partial charge in [0.1, 0.15) is 34.5 Å². The number of nitrogens with one attached hydrogen (secondary N) is 1. The number of carbonyl (C=O) groups is 1. The van der Waals surface area contributed by atoms with E-state index >= 15 is 0 Å². The Hall–Kier alpha value is -2.61. The molecule has 0 saturated heterocycles. The molecule has 0 radical (unpaired) electrons. The fourth-order valence-corrected chi connectivity index (χ4v) is 4.76. The number of aromatic nitrogens is 2. The van der Waals surface area contributed by atoms with E-state index in [0.29, 0.717) is 16.1 Å². The minimum atomic E-state index is -1.15. The van der Waals surface area contributed by atoms with E-state index in [1.54, 1.807) is 0 Å². The molecule has 4 rings (SSSR count). The Kier molecular flexibility index (Phi) is 4.51. The van der Waals surface area contributed by atoms with Crippen molar-refractivity contribution >= 4 is 27.5 Å². The van der Waals surface area contributed by atoms with Gasteiger partial charge in [0.2, 0.25) is 0 Å². The summed E-state index contributed by atoms with van der Waals surface area (Å²) in [6.45, 7) is 1.80. The van der Waals surface area contributed by atoms with Gasteiger partial charge in [0, 0.05) is 4.88 Å². The highest BCUT2D eigenvalue weighted by molar-refractivity contribution is 7.18. The number of hydrogen-bond acceptors (Lipinski definition) is 5. The van der Waals surface area contributed by atoms with Crippen LogP contribution in [0.1, 0.15) is 40.0 Å². The third kappa shape index (κ3) is 3.25. The molecule has 8 heteroatoms.